The van der Waals surface area contributed by atoms with Crippen molar-refractivity contribution in [2.45, 2.75) is 13.5 Å². The van der Waals surface area contributed by atoms with E-state index < -0.39 is 0 Å². The maximum absolute atomic E-state index is 9.33. The number of ether oxygens (including phenoxy) is 1. The lowest BCUT2D eigenvalue weighted by molar-refractivity contribution is 0.129. The van der Waals surface area contributed by atoms with Gasteiger partial charge in [-0.05, 0) is 18.1 Å². The van der Waals surface area contributed by atoms with Crippen molar-refractivity contribution in [1.82, 2.24) is 4.98 Å². The van der Waals surface area contributed by atoms with E-state index in [0.29, 0.717) is 23.4 Å². The van der Waals surface area contributed by atoms with E-state index in [2.05, 4.69) is 16.8 Å². The van der Waals surface area contributed by atoms with Gasteiger partial charge in [-0.25, -0.2) is 4.98 Å². The van der Waals surface area contributed by atoms with Crippen LogP contribution in [0.25, 0.3) is 0 Å². The van der Waals surface area contributed by atoms with E-state index in [0.717, 1.165) is 25.4 Å². The third-order valence-corrected chi connectivity index (χ3v) is 3.06. The van der Waals surface area contributed by atoms with E-state index in [-0.39, 0.29) is 6.61 Å². The van der Waals surface area contributed by atoms with Gasteiger partial charge in [-0.1, -0.05) is 18.5 Å². The van der Waals surface area contributed by atoms with Crippen LogP contribution >= 0.6 is 11.6 Å². The standard InChI is InChI=1S/C12H17ClN2O2/c1-9-6-15(4-5-17-8-9)11-2-3-12(13)14-10(11)7-16/h2-3,9,16H,4-8H2,1H3. The largest absolute Gasteiger partial charge is 0.390 e. The van der Waals surface area contributed by atoms with Gasteiger partial charge in [0.05, 0.1) is 31.2 Å². The number of anilines is 1. The molecule has 94 valence electrons. The molecule has 5 heteroatoms. The molecule has 1 saturated heterocycles. The molecule has 0 spiro atoms. The Balaban J connectivity index is 2.25. The summed E-state index contributed by atoms with van der Waals surface area (Å²) in [7, 11) is 0. The Morgan fingerprint density at radius 2 is 2.41 bits per heavy atom. The van der Waals surface area contributed by atoms with Gasteiger partial charge in [0, 0.05) is 13.1 Å². The van der Waals surface area contributed by atoms with Crippen LogP contribution in [0.5, 0.6) is 0 Å². The van der Waals surface area contributed by atoms with E-state index in [1.165, 1.54) is 0 Å². The zero-order chi connectivity index (χ0) is 12.3. The predicted octanol–water partition coefficient (Wildman–Crippen LogP) is 1.70. The number of aliphatic hydroxyl groups excluding tert-OH is 1. The lowest BCUT2D eigenvalue weighted by atomic mass is 10.1. The van der Waals surface area contributed by atoms with Crippen molar-refractivity contribution in [1.29, 1.82) is 0 Å². The fraction of sp³-hybridized carbons (Fsp3) is 0.583. The average Bonchev–Trinajstić information content (AvgIpc) is 2.53. The van der Waals surface area contributed by atoms with E-state index in [9.17, 15) is 5.11 Å². The number of aliphatic hydroxyl groups is 1. The van der Waals surface area contributed by atoms with Crippen LogP contribution in [-0.2, 0) is 11.3 Å². The predicted molar refractivity (Wildman–Crippen MR) is 67.4 cm³/mol. The molecule has 2 rings (SSSR count). The summed E-state index contributed by atoms with van der Waals surface area (Å²) in [5, 5.41) is 9.74. The Morgan fingerprint density at radius 3 is 3.18 bits per heavy atom. The number of aromatic nitrogens is 1. The van der Waals surface area contributed by atoms with Gasteiger partial charge in [-0.15, -0.1) is 0 Å². The molecule has 1 aliphatic rings. The molecule has 1 aliphatic heterocycles. The van der Waals surface area contributed by atoms with E-state index in [1.54, 1.807) is 6.07 Å². The number of hydrogen-bond acceptors (Lipinski definition) is 4. The summed E-state index contributed by atoms with van der Waals surface area (Å²) in [4.78, 5) is 6.36. The third-order valence-electron chi connectivity index (χ3n) is 2.85. The molecular weight excluding hydrogens is 240 g/mol. The summed E-state index contributed by atoms with van der Waals surface area (Å²) >= 11 is 5.83. The Bertz CT molecular complexity index is 387. The Morgan fingerprint density at radius 1 is 1.59 bits per heavy atom. The molecular formula is C12H17ClN2O2. The second kappa shape index (κ2) is 5.67. The van der Waals surface area contributed by atoms with E-state index >= 15 is 0 Å². The zero-order valence-electron chi connectivity index (χ0n) is 9.90. The molecule has 4 nitrogen and oxygen atoms in total. The lowest BCUT2D eigenvalue weighted by Crippen LogP contribution is -2.30. The fourth-order valence-electron chi connectivity index (χ4n) is 2.07. The van der Waals surface area contributed by atoms with Crippen molar-refractivity contribution < 1.29 is 9.84 Å². The molecule has 1 aromatic heterocycles. The van der Waals surface area contributed by atoms with Gasteiger partial charge in [-0.3, -0.25) is 0 Å². The highest BCUT2D eigenvalue weighted by Crippen LogP contribution is 2.23. The van der Waals surface area contributed by atoms with Gasteiger partial charge in [0.2, 0.25) is 0 Å². The number of hydrogen-bond donors (Lipinski definition) is 1. The molecule has 1 N–H and O–H groups in total. The lowest BCUT2D eigenvalue weighted by Gasteiger charge is -2.25. The SMILES string of the molecule is CC1COCCN(c2ccc(Cl)nc2CO)C1. The molecule has 1 atom stereocenters. The second-order valence-corrected chi connectivity index (χ2v) is 4.77. The first-order chi connectivity index (χ1) is 8.20. The topological polar surface area (TPSA) is 45.6 Å². The Labute approximate surface area is 106 Å². The Hall–Kier alpha value is -0.840. The van der Waals surface area contributed by atoms with Crippen molar-refractivity contribution in [2.75, 3.05) is 31.2 Å². The van der Waals surface area contributed by atoms with Crippen LogP contribution in [0.15, 0.2) is 12.1 Å². The fourth-order valence-corrected chi connectivity index (χ4v) is 2.23. The van der Waals surface area contributed by atoms with E-state index in [4.69, 9.17) is 16.3 Å². The van der Waals surface area contributed by atoms with Gasteiger partial charge >= 0.3 is 0 Å². The van der Waals surface area contributed by atoms with Crippen LogP contribution in [-0.4, -0.2) is 36.4 Å². The molecule has 2 heterocycles. The highest BCUT2D eigenvalue weighted by atomic mass is 35.5. The summed E-state index contributed by atoms with van der Waals surface area (Å²) < 4.78 is 5.51. The van der Waals surface area contributed by atoms with Gasteiger partial charge in [-0.2, -0.15) is 0 Å². The summed E-state index contributed by atoms with van der Waals surface area (Å²) in [6, 6.07) is 3.67. The maximum Gasteiger partial charge on any atom is 0.129 e. The third kappa shape index (κ3) is 3.09. The van der Waals surface area contributed by atoms with Crippen LogP contribution in [0.1, 0.15) is 12.6 Å². The summed E-state index contributed by atoms with van der Waals surface area (Å²) in [5.41, 5.74) is 1.58. The highest BCUT2D eigenvalue weighted by molar-refractivity contribution is 6.29. The van der Waals surface area contributed by atoms with Gasteiger partial charge in [0.15, 0.2) is 0 Å². The average molecular weight is 257 g/mol. The molecule has 0 aliphatic carbocycles. The molecule has 0 amide bonds. The highest BCUT2D eigenvalue weighted by Gasteiger charge is 2.18. The Kier molecular flexibility index (Phi) is 4.20. The van der Waals surface area contributed by atoms with Crippen molar-refractivity contribution in [3.8, 4) is 0 Å². The minimum atomic E-state index is -0.0956. The summed E-state index contributed by atoms with van der Waals surface area (Å²) in [6.07, 6.45) is 0. The number of pyridine rings is 1. The van der Waals surface area contributed by atoms with Crippen LogP contribution in [0.2, 0.25) is 5.15 Å². The van der Waals surface area contributed by atoms with Crippen LogP contribution in [0, 0.1) is 5.92 Å². The molecule has 0 saturated carbocycles. The zero-order valence-corrected chi connectivity index (χ0v) is 10.7. The van der Waals surface area contributed by atoms with Gasteiger partial charge < -0.3 is 14.7 Å². The smallest absolute Gasteiger partial charge is 0.129 e. The maximum atomic E-state index is 9.33. The summed E-state index contributed by atoms with van der Waals surface area (Å²) in [6.45, 7) is 5.28. The molecule has 0 aromatic carbocycles. The summed E-state index contributed by atoms with van der Waals surface area (Å²) in [5.74, 6) is 0.472. The van der Waals surface area contributed by atoms with Crippen molar-refractivity contribution in [2.24, 2.45) is 5.92 Å². The molecule has 17 heavy (non-hydrogen) atoms. The van der Waals surface area contributed by atoms with Gasteiger partial charge in [0.1, 0.15) is 5.15 Å². The minimum absolute atomic E-state index is 0.0956. The van der Waals surface area contributed by atoms with Crippen molar-refractivity contribution in [3.63, 3.8) is 0 Å². The molecule has 1 fully saturated rings. The minimum Gasteiger partial charge on any atom is -0.390 e. The van der Waals surface area contributed by atoms with Crippen molar-refractivity contribution >= 4 is 17.3 Å². The molecule has 0 bridgehead atoms. The number of rotatable bonds is 2. The van der Waals surface area contributed by atoms with Crippen LogP contribution in [0.4, 0.5) is 5.69 Å². The quantitative estimate of drug-likeness (QED) is 0.819. The number of halogens is 1. The molecule has 0 radical (unpaired) electrons. The first-order valence-corrected chi connectivity index (χ1v) is 6.17. The first-order valence-electron chi connectivity index (χ1n) is 5.79. The van der Waals surface area contributed by atoms with Crippen LogP contribution in [0.3, 0.4) is 0 Å². The monoisotopic (exact) mass is 256 g/mol. The van der Waals surface area contributed by atoms with Crippen LogP contribution < -0.4 is 4.90 Å². The van der Waals surface area contributed by atoms with E-state index in [1.807, 2.05) is 6.07 Å². The second-order valence-electron chi connectivity index (χ2n) is 4.38. The molecule has 1 aromatic rings. The van der Waals surface area contributed by atoms with Crippen molar-refractivity contribution in [3.05, 3.63) is 23.0 Å². The number of nitrogens with zero attached hydrogens (tertiary/aromatic N) is 2. The van der Waals surface area contributed by atoms with Gasteiger partial charge in [0.25, 0.3) is 0 Å². The first kappa shape index (κ1) is 12.6. The molecule has 1 unspecified atom stereocenters. The normalized spacial score (nSPS) is 21.4.